The van der Waals surface area contributed by atoms with Crippen LogP contribution in [0.4, 0.5) is 20.3 Å². The standard InChI is InChI=1S/C12H6BrF2N3/c13-9-4-8(14)5-10(15)12(9)18-11-3-7(6-16)1-2-17-11/h1-5H,(H,17,18). The molecule has 1 aromatic carbocycles. The average Bonchev–Trinajstić information content (AvgIpc) is 2.34. The van der Waals surface area contributed by atoms with E-state index in [0.717, 1.165) is 12.1 Å². The van der Waals surface area contributed by atoms with Crippen molar-refractivity contribution in [1.82, 2.24) is 4.98 Å². The van der Waals surface area contributed by atoms with Crippen LogP contribution in [-0.2, 0) is 0 Å². The second-order valence-electron chi connectivity index (χ2n) is 3.41. The Kier molecular flexibility index (Phi) is 3.53. The largest absolute Gasteiger partial charge is 0.337 e. The molecule has 0 bridgehead atoms. The van der Waals surface area contributed by atoms with Gasteiger partial charge in [-0.05, 0) is 34.1 Å². The molecule has 1 N–H and O–H groups in total. The minimum absolute atomic E-state index is 0.0685. The van der Waals surface area contributed by atoms with Crippen LogP contribution >= 0.6 is 15.9 Å². The van der Waals surface area contributed by atoms with Crippen molar-refractivity contribution in [1.29, 1.82) is 5.26 Å². The molecule has 1 heterocycles. The van der Waals surface area contributed by atoms with Crippen LogP contribution in [0.25, 0.3) is 0 Å². The highest BCUT2D eigenvalue weighted by atomic mass is 79.9. The van der Waals surface area contributed by atoms with Crippen LogP contribution in [0.1, 0.15) is 5.56 Å². The summed E-state index contributed by atoms with van der Waals surface area (Å²) in [5, 5.41) is 11.4. The predicted molar refractivity (Wildman–Crippen MR) is 66.3 cm³/mol. The number of benzene rings is 1. The van der Waals surface area contributed by atoms with Crippen molar-refractivity contribution in [2.24, 2.45) is 0 Å². The third-order valence-corrected chi connectivity index (χ3v) is 2.77. The van der Waals surface area contributed by atoms with Crippen molar-refractivity contribution in [3.05, 3.63) is 52.1 Å². The minimum Gasteiger partial charge on any atom is -0.337 e. The molecule has 2 aromatic rings. The van der Waals surface area contributed by atoms with Crippen LogP contribution in [0, 0.1) is 23.0 Å². The van der Waals surface area contributed by atoms with Gasteiger partial charge >= 0.3 is 0 Å². The normalized spacial score (nSPS) is 9.89. The molecular formula is C12H6BrF2N3. The van der Waals surface area contributed by atoms with Gasteiger partial charge in [0, 0.05) is 16.7 Å². The summed E-state index contributed by atoms with van der Waals surface area (Å²) in [7, 11) is 0. The van der Waals surface area contributed by atoms with Gasteiger partial charge in [-0.1, -0.05) is 0 Å². The number of nitriles is 1. The molecule has 0 radical (unpaired) electrons. The Hall–Kier alpha value is -2.00. The fourth-order valence-electron chi connectivity index (χ4n) is 1.36. The van der Waals surface area contributed by atoms with Gasteiger partial charge < -0.3 is 5.32 Å². The Morgan fingerprint density at radius 1 is 1.28 bits per heavy atom. The molecule has 0 fully saturated rings. The second-order valence-corrected chi connectivity index (χ2v) is 4.27. The third kappa shape index (κ3) is 2.63. The Morgan fingerprint density at radius 2 is 2.06 bits per heavy atom. The van der Waals surface area contributed by atoms with Crippen LogP contribution in [-0.4, -0.2) is 4.98 Å². The van der Waals surface area contributed by atoms with Gasteiger partial charge in [-0.25, -0.2) is 13.8 Å². The number of rotatable bonds is 2. The van der Waals surface area contributed by atoms with E-state index in [2.05, 4.69) is 26.2 Å². The van der Waals surface area contributed by atoms with Crippen LogP contribution in [0.5, 0.6) is 0 Å². The molecule has 18 heavy (non-hydrogen) atoms. The molecule has 1 aromatic heterocycles. The lowest BCUT2D eigenvalue weighted by molar-refractivity contribution is 0.584. The maximum Gasteiger partial charge on any atom is 0.150 e. The van der Waals surface area contributed by atoms with Gasteiger partial charge in [-0.3, -0.25) is 0 Å². The number of pyridine rings is 1. The second kappa shape index (κ2) is 5.10. The van der Waals surface area contributed by atoms with Crippen LogP contribution in [0.15, 0.2) is 34.9 Å². The Bertz CT molecular complexity index is 614. The van der Waals surface area contributed by atoms with Gasteiger partial charge in [0.05, 0.1) is 17.3 Å². The van der Waals surface area contributed by atoms with E-state index in [4.69, 9.17) is 5.26 Å². The monoisotopic (exact) mass is 309 g/mol. The summed E-state index contributed by atoms with van der Waals surface area (Å²) in [5.74, 6) is -1.12. The highest BCUT2D eigenvalue weighted by Gasteiger charge is 2.10. The first-order chi connectivity index (χ1) is 8.60. The molecule has 0 saturated heterocycles. The van der Waals surface area contributed by atoms with Gasteiger partial charge in [0.15, 0.2) is 5.82 Å². The highest BCUT2D eigenvalue weighted by molar-refractivity contribution is 9.10. The van der Waals surface area contributed by atoms with E-state index < -0.39 is 11.6 Å². The number of hydrogen-bond donors (Lipinski definition) is 1. The first-order valence-electron chi connectivity index (χ1n) is 4.88. The lowest BCUT2D eigenvalue weighted by atomic mass is 10.2. The number of nitrogens with one attached hydrogen (secondary N) is 1. The van der Waals surface area contributed by atoms with Crippen molar-refractivity contribution in [2.45, 2.75) is 0 Å². The van der Waals surface area contributed by atoms with E-state index in [1.807, 2.05) is 6.07 Å². The SMILES string of the molecule is N#Cc1ccnc(Nc2c(F)cc(F)cc2Br)c1. The molecular weight excluding hydrogens is 304 g/mol. The molecule has 3 nitrogen and oxygen atoms in total. The highest BCUT2D eigenvalue weighted by Crippen LogP contribution is 2.29. The van der Waals surface area contributed by atoms with Crippen molar-refractivity contribution >= 4 is 27.4 Å². The maximum absolute atomic E-state index is 13.6. The van der Waals surface area contributed by atoms with E-state index in [1.165, 1.54) is 18.3 Å². The quantitative estimate of drug-likeness (QED) is 0.919. The fraction of sp³-hybridized carbons (Fsp3) is 0. The van der Waals surface area contributed by atoms with E-state index in [-0.39, 0.29) is 10.2 Å². The van der Waals surface area contributed by atoms with Gasteiger partial charge in [0.1, 0.15) is 11.6 Å². The molecule has 0 atom stereocenters. The Morgan fingerprint density at radius 3 is 2.72 bits per heavy atom. The number of anilines is 2. The van der Waals surface area contributed by atoms with Crippen molar-refractivity contribution in [2.75, 3.05) is 5.32 Å². The minimum atomic E-state index is -0.744. The van der Waals surface area contributed by atoms with Crippen molar-refractivity contribution in [3.63, 3.8) is 0 Å². The lowest BCUT2D eigenvalue weighted by Gasteiger charge is -2.09. The maximum atomic E-state index is 13.6. The molecule has 0 unspecified atom stereocenters. The first-order valence-corrected chi connectivity index (χ1v) is 5.67. The topological polar surface area (TPSA) is 48.7 Å². The number of aromatic nitrogens is 1. The van der Waals surface area contributed by atoms with Crippen LogP contribution < -0.4 is 5.32 Å². The average molecular weight is 310 g/mol. The Balaban J connectivity index is 2.37. The van der Waals surface area contributed by atoms with Gasteiger partial charge in [-0.15, -0.1) is 0 Å². The zero-order valence-electron chi connectivity index (χ0n) is 8.92. The zero-order valence-corrected chi connectivity index (χ0v) is 10.5. The molecule has 0 aliphatic rings. The number of halogens is 3. The molecule has 90 valence electrons. The summed E-state index contributed by atoms with van der Waals surface area (Å²) in [4.78, 5) is 3.94. The number of nitrogens with zero attached hydrogens (tertiary/aromatic N) is 2. The zero-order chi connectivity index (χ0) is 13.1. The van der Waals surface area contributed by atoms with Crippen molar-refractivity contribution < 1.29 is 8.78 Å². The molecule has 6 heteroatoms. The van der Waals surface area contributed by atoms with E-state index >= 15 is 0 Å². The molecule has 0 amide bonds. The van der Waals surface area contributed by atoms with E-state index in [9.17, 15) is 8.78 Å². The van der Waals surface area contributed by atoms with Crippen LogP contribution in [0.3, 0.4) is 0 Å². The number of hydrogen-bond acceptors (Lipinski definition) is 3. The summed E-state index contributed by atoms with van der Waals surface area (Å²) >= 11 is 3.06. The predicted octanol–water partition coefficient (Wildman–Crippen LogP) is 3.74. The molecule has 0 saturated carbocycles. The molecule has 2 rings (SSSR count). The summed E-state index contributed by atoms with van der Waals surface area (Å²) < 4.78 is 26.7. The summed E-state index contributed by atoms with van der Waals surface area (Å²) in [5.41, 5.74) is 0.463. The first kappa shape index (κ1) is 12.5. The Labute approximate surface area is 110 Å². The van der Waals surface area contributed by atoms with Crippen molar-refractivity contribution in [3.8, 4) is 6.07 Å². The molecule has 0 aliphatic heterocycles. The van der Waals surface area contributed by atoms with Gasteiger partial charge in [0.2, 0.25) is 0 Å². The van der Waals surface area contributed by atoms with Crippen LogP contribution in [0.2, 0.25) is 0 Å². The molecule has 0 spiro atoms. The smallest absolute Gasteiger partial charge is 0.150 e. The third-order valence-electron chi connectivity index (χ3n) is 2.15. The summed E-state index contributed by atoms with van der Waals surface area (Å²) in [6.45, 7) is 0. The summed E-state index contributed by atoms with van der Waals surface area (Å²) in [6, 6.07) is 6.85. The van der Waals surface area contributed by atoms with Gasteiger partial charge in [0.25, 0.3) is 0 Å². The summed E-state index contributed by atoms with van der Waals surface area (Å²) in [6.07, 6.45) is 1.43. The fourth-order valence-corrected chi connectivity index (χ4v) is 1.87. The van der Waals surface area contributed by atoms with E-state index in [0.29, 0.717) is 11.4 Å². The van der Waals surface area contributed by atoms with E-state index in [1.54, 1.807) is 0 Å². The molecule has 0 aliphatic carbocycles. The van der Waals surface area contributed by atoms with Gasteiger partial charge in [-0.2, -0.15) is 5.26 Å². The lowest BCUT2D eigenvalue weighted by Crippen LogP contribution is -1.98.